The quantitative estimate of drug-likeness (QED) is 0.706. The van der Waals surface area contributed by atoms with Crippen molar-refractivity contribution >= 4 is 5.78 Å². The van der Waals surface area contributed by atoms with Gasteiger partial charge in [0.25, 0.3) is 0 Å². The maximum Gasteiger partial charge on any atom is 0.152 e. The predicted molar refractivity (Wildman–Crippen MR) is 47.6 cm³/mol. The highest BCUT2D eigenvalue weighted by molar-refractivity contribution is 5.85. The Morgan fingerprint density at radius 2 is 1.92 bits per heavy atom. The van der Waals surface area contributed by atoms with E-state index in [1.807, 2.05) is 0 Å². The third-order valence-corrected chi connectivity index (χ3v) is 1.64. The molecule has 1 atom stereocenters. The number of halogens is 1. The number of hydrogen-bond donors (Lipinski definition) is 1. The van der Waals surface area contributed by atoms with E-state index >= 15 is 0 Å². The maximum atomic E-state index is 13.0. The fourth-order valence-electron chi connectivity index (χ4n) is 1.05. The van der Waals surface area contributed by atoms with Crippen molar-refractivity contribution in [1.82, 2.24) is 0 Å². The highest BCUT2D eigenvalue weighted by Crippen LogP contribution is 2.17. The first-order valence-electron chi connectivity index (χ1n) is 4.22. The van der Waals surface area contributed by atoms with Gasteiger partial charge >= 0.3 is 0 Å². The van der Waals surface area contributed by atoms with Crippen LogP contribution in [0.15, 0.2) is 0 Å². The average Bonchev–Trinajstić information content (AvgIpc) is 1.82. The summed E-state index contributed by atoms with van der Waals surface area (Å²) in [5.74, 6) is -0.178. The second kappa shape index (κ2) is 3.99. The zero-order chi connectivity index (χ0) is 9.94. The van der Waals surface area contributed by atoms with Crippen LogP contribution < -0.4 is 5.73 Å². The van der Waals surface area contributed by atoms with Crippen molar-refractivity contribution in [3.63, 3.8) is 0 Å². The monoisotopic (exact) mass is 175 g/mol. The van der Waals surface area contributed by atoms with E-state index in [2.05, 4.69) is 0 Å². The van der Waals surface area contributed by atoms with Crippen molar-refractivity contribution in [3.8, 4) is 0 Å². The molecule has 2 nitrogen and oxygen atoms in total. The first-order valence-corrected chi connectivity index (χ1v) is 4.22. The molecule has 2 N–H and O–H groups in total. The van der Waals surface area contributed by atoms with Gasteiger partial charge in [-0.05, 0) is 13.8 Å². The van der Waals surface area contributed by atoms with E-state index in [9.17, 15) is 9.18 Å². The molecule has 0 aromatic heterocycles. The van der Waals surface area contributed by atoms with Gasteiger partial charge in [0.2, 0.25) is 0 Å². The summed E-state index contributed by atoms with van der Waals surface area (Å²) in [5.41, 5.74) is 4.16. The first-order chi connectivity index (χ1) is 5.24. The van der Waals surface area contributed by atoms with Gasteiger partial charge in [-0.2, -0.15) is 0 Å². The summed E-state index contributed by atoms with van der Waals surface area (Å²) in [6.45, 7) is 6.40. The molecule has 0 bridgehead atoms. The molecule has 3 heteroatoms. The van der Waals surface area contributed by atoms with Crippen LogP contribution in [0.25, 0.3) is 0 Å². The van der Waals surface area contributed by atoms with Gasteiger partial charge in [-0.1, -0.05) is 13.8 Å². The van der Waals surface area contributed by atoms with E-state index in [1.165, 1.54) is 13.8 Å². The second-order valence-corrected chi connectivity index (χ2v) is 4.09. The van der Waals surface area contributed by atoms with Crippen LogP contribution in [-0.4, -0.2) is 17.5 Å². The molecule has 0 fully saturated rings. The summed E-state index contributed by atoms with van der Waals surface area (Å²) in [6.07, 6.45) is 0.101. The van der Waals surface area contributed by atoms with E-state index in [0.717, 1.165) is 0 Å². The van der Waals surface area contributed by atoms with Gasteiger partial charge in [0.15, 0.2) is 5.78 Å². The number of carbonyl (C=O) groups excluding carboxylic acids is 1. The molecule has 72 valence electrons. The Kier molecular flexibility index (Phi) is 3.84. The maximum absolute atomic E-state index is 13.0. The molecule has 1 unspecified atom stereocenters. The van der Waals surface area contributed by atoms with Crippen LogP contribution in [0.4, 0.5) is 4.39 Å². The van der Waals surface area contributed by atoms with Crippen molar-refractivity contribution in [1.29, 1.82) is 0 Å². The van der Waals surface area contributed by atoms with E-state index in [0.29, 0.717) is 0 Å². The zero-order valence-corrected chi connectivity index (χ0v) is 8.23. The van der Waals surface area contributed by atoms with Crippen LogP contribution in [0.1, 0.15) is 34.1 Å². The highest BCUT2D eigenvalue weighted by atomic mass is 19.1. The molecule has 0 saturated heterocycles. The number of ketones is 1. The molecular weight excluding hydrogens is 157 g/mol. The van der Waals surface area contributed by atoms with E-state index < -0.39 is 11.7 Å². The lowest BCUT2D eigenvalue weighted by Gasteiger charge is -2.19. The molecule has 0 saturated carbocycles. The molecule has 0 heterocycles. The van der Waals surface area contributed by atoms with Gasteiger partial charge in [0, 0.05) is 12.3 Å². The fraction of sp³-hybridized carbons (Fsp3) is 0.889. The number of nitrogens with two attached hydrogens (primary N) is 1. The molecule has 0 rings (SSSR count). The summed E-state index contributed by atoms with van der Waals surface area (Å²) in [5, 5.41) is 0. The van der Waals surface area contributed by atoms with Crippen LogP contribution in [-0.2, 0) is 4.79 Å². The lowest BCUT2D eigenvalue weighted by Crippen LogP contribution is -2.38. The topological polar surface area (TPSA) is 43.1 Å². The lowest BCUT2D eigenvalue weighted by atomic mass is 9.93. The number of carbonyl (C=O) groups is 1. The van der Waals surface area contributed by atoms with Crippen LogP contribution in [0, 0.1) is 5.92 Å². The van der Waals surface area contributed by atoms with Gasteiger partial charge in [0.1, 0.15) is 5.67 Å². The number of hydrogen-bond acceptors (Lipinski definition) is 2. The molecule has 0 amide bonds. The van der Waals surface area contributed by atoms with Gasteiger partial charge in [-0.15, -0.1) is 0 Å². The lowest BCUT2D eigenvalue weighted by molar-refractivity contribution is -0.124. The predicted octanol–water partition coefficient (Wildman–Crippen LogP) is 1.68. The molecule has 0 aliphatic carbocycles. The summed E-state index contributed by atoms with van der Waals surface area (Å²) in [6, 6.07) is -0.662. The van der Waals surface area contributed by atoms with Crippen molar-refractivity contribution in [2.24, 2.45) is 11.7 Å². The van der Waals surface area contributed by atoms with Crippen molar-refractivity contribution in [2.75, 3.05) is 0 Å². The zero-order valence-electron chi connectivity index (χ0n) is 8.23. The third-order valence-electron chi connectivity index (χ3n) is 1.64. The van der Waals surface area contributed by atoms with Crippen LogP contribution in [0.5, 0.6) is 0 Å². The van der Waals surface area contributed by atoms with Crippen molar-refractivity contribution < 1.29 is 9.18 Å². The SMILES string of the molecule is CC(C)C(=O)C(N)CC(C)(C)F. The Bertz CT molecular complexity index is 160. The Hall–Kier alpha value is -0.440. The van der Waals surface area contributed by atoms with Crippen molar-refractivity contribution in [2.45, 2.75) is 45.8 Å². The van der Waals surface area contributed by atoms with Gasteiger partial charge in [0.05, 0.1) is 6.04 Å². The van der Waals surface area contributed by atoms with E-state index in [4.69, 9.17) is 5.73 Å². The van der Waals surface area contributed by atoms with Crippen LogP contribution >= 0.6 is 0 Å². The van der Waals surface area contributed by atoms with Gasteiger partial charge in [-0.3, -0.25) is 4.79 Å². The standard InChI is InChI=1S/C9H18FNO/c1-6(2)8(12)7(11)5-9(3,4)10/h6-7H,5,11H2,1-4H3. The number of alkyl halides is 1. The van der Waals surface area contributed by atoms with Crippen LogP contribution in [0.3, 0.4) is 0 Å². The minimum absolute atomic E-state index is 0.0688. The smallest absolute Gasteiger partial charge is 0.152 e. The summed E-state index contributed by atoms with van der Waals surface area (Å²) < 4.78 is 13.0. The summed E-state index contributed by atoms with van der Waals surface area (Å²) in [7, 11) is 0. The third kappa shape index (κ3) is 4.44. The molecule has 0 aromatic rings. The Morgan fingerprint density at radius 1 is 1.50 bits per heavy atom. The minimum Gasteiger partial charge on any atom is -0.321 e. The van der Waals surface area contributed by atoms with E-state index in [-0.39, 0.29) is 18.1 Å². The second-order valence-electron chi connectivity index (χ2n) is 4.09. The number of Topliss-reactive ketones (excluding diaryl/α,β-unsaturated/α-hetero) is 1. The van der Waals surface area contributed by atoms with Crippen molar-refractivity contribution in [3.05, 3.63) is 0 Å². The fourth-order valence-corrected chi connectivity index (χ4v) is 1.05. The van der Waals surface area contributed by atoms with Gasteiger partial charge < -0.3 is 5.73 Å². The molecule has 0 spiro atoms. The summed E-state index contributed by atoms with van der Waals surface area (Å²) in [4.78, 5) is 11.2. The highest BCUT2D eigenvalue weighted by Gasteiger charge is 2.25. The largest absolute Gasteiger partial charge is 0.321 e. The molecular formula is C9H18FNO. The molecule has 0 aliphatic rings. The Labute approximate surface area is 73.3 Å². The summed E-state index contributed by atoms with van der Waals surface area (Å²) >= 11 is 0. The average molecular weight is 175 g/mol. The van der Waals surface area contributed by atoms with E-state index in [1.54, 1.807) is 13.8 Å². The Balaban J connectivity index is 4.05. The molecule has 0 radical (unpaired) electrons. The molecule has 0 aromatic carbocycles. The Morgan fingerprint density at radius 3 is 2.17 bits per heavy atom. The van der Waals surface area contributed by atoms with Crippen LogP contribution in [0.2, 0.25) is 0 Å². The number of rotatable bonds is 4. The molecule has 12 heavy (non-hydrogen) atoms. The van der Waals surface area contributed by atoms with Gasteiger partial charge in [-0.25, -0.2) is 4.39 Å². The first kappa shape index (κ1) is 11.6. The normalized spacial score (nSPS) is 14.9. The molecule has 0 aliphatic heterocycles. The minimum atomic E-state index is -1.36.